The number of hydrogen-bond acceptors (Lipinski definition) is 4. The smallest absolute Gasteiger partial charge is 0.193 e. The Balaban J connectivity index is 2.71. The van der Waals surface area contributed by atoms with Crippen LogP contribution in [0, 0.1) is 5.82 Å². The average Bonchev–Trinajstić information content (AvgIpc) is 2.31. The molecule has 2 aromatic rings. The fourth-order valence-electron chi connectivity index (χ4n) is 1.79. The van der Waals surface area contributed by atoms with Gasteiger partial charge in [-0.15, -0.1) is 0 Å². The zero-order chi connectivity index (χ0) is 13.1. The summed E-state index contributed by atoms with van der Waals surface area (Å²) in [7, 11) is 0. The van der Waals surface area contributed by atoms with Crippen molar-refractivity contribution in [3.63, 3.8) is 0 Å². The number of aliphatic hydroxyl groups is 1. The summed E-state index contributed by atoms with van der Waals surface area (Å²) in [5.74, 6) is 0.291. The lowest BCUT2D eigenvalue weighted by Gasteiger charge is -2.06. The molecule has 0 saturated heterocycles. The van der Waals surface area contributed by atoms with Crippen molar-refractivity contribution in [1.82, 2.24) is 0 Å². The first kappa shape index (κ1) is 13.1. The highest BCUT2D eigenvalue weighted by atomic mass is 32.2. The van der Waals surface area contributed by atoms with E-state index < -0.39 is 5.82 Å². The molecule has 5 heteroatoms. The molecule has 0 aliphatic heterocycles. The van der Waals surface area contributed by atoms with Crippen LogP contribution in [0.1, 0.15) is 12.5 Å². The number of aliphatic hydroxyl groups excluding tert-OH is 1. The Morgan fingerprint density at radius 2 is 2.17 bits per heavy atom. The van der Waals surface area contributed by atoms with E-state index in [0.717, 1.165) is 5.75 Å². The minimum atomic E-state index is -0.492. The molecule has 0 atom stereocenters. The Morgan fingerprint density at radius 3 is 2.83 bits per heavy atom. The SMILES string of the molecule is CCSc1cc(=O)c2cc(F)cc(CCO)c2o1. The zero-order valence-corrected chi connectivity index (χ0v) is 10.7. The van der Waals surface area contributed by atoms with Crippen LogP contribution in [0.2, 0.25) is 0 Å². The minimum absolute atomic E-state index is 0.118. The van der Waals surface area contributed by atoms with Crippen molar-refractivity contribution < 1.29 is 13.9 Å². The maximum Gasteiger partial charge on any atom is 0.193 e. The Hall–Kier alpha value is -1.33. The zero-order valence-electron chi connectivity index (χ0n) is 9.90. The van der Waals surface area contributed by atoms with Gasteiger partial charge in [0.2, 0.25) is 0 Å². The van der Waals surface area contributed by atoms with Gasteiger partial charge in [-0.3, -0.25) is 4.79 Å². The quantitative estimate of drug-likeness (QED) is 0.866. The van der Waals surface area contributed by atoms with Gasteiger partial charge in [0.15, 0.2) is 10.5 Å². The predicted octanol–water partition coefficient (Wildman–Crippen LogP) is 2.58. The topological polar surface area (TPSA) is 50.4 Å². The van der Waals surface area contributed by atoms with Crippen LogP contribution in [0.25, 0.3) is 11.0 Å². The van der Waals surface area contributed by atoms with E-state index in [-0.39, 0.29) is 23.8 Å². The normalized spacial score (nSPS) is 11.1. The molecule has 1 N–H and O–H groups in total. The minimum Gasteiger partial charge on any atom is -0.449 e. The molecule has 0 unspecified atom stereocenters. The van der Waals surface area contributed by atoms with Gasteiger partial charge in [-0.25, -0.2) is 4.39 Å². The van der Waals surface area contributed by atoms with Crippen LogP contribution in [0.3, 0.4) is 0 Å². The highest BCUT2D eigenvalue weighted by Crippen LogP contribution is 2.24. The summed E-state index contributed by atoms with van der Waals surface area (Å²) in [5, 5.41) is 9.70. The van der Waals surface area contributed by atoms with Crippen molar-refractivity contribution >= 4 is 22.7 Å². The van der Waals surface area contributed by atoms with Gasteiger partial charge < -0.3 is 9.52 Å². The fourth-order valence-corrected chi connectivity index (χ4v) is 2.41. The Morgan fingerprint density at radius 1 is 1.39 bits per heavy atom. The highest BCUT2D eigenvalue weighted by molar-refractivity contribution is 7.99. The van der Waals surface area contributed by atoms with Crippen molar-refractivity contribution in [2.45, 2.75) is 18.4 Å². The van der Waals surface area contributed by atoms with E-state index in [0.29, 0.717) is 16.2 Å². The third-order valence-electron chi connectivity index (χ3n) is 2.52. The lowest BCUT2D eigenvalue weighted by molar-refractivity contribution is 0.299. The van der Waals surface area contributed by atoms with E-state index >= 15 is 0 Å². The van der Waals surface area contributed by atoms with Crippen LogP contribution in [-0.4, -0.2) is 17.5 Å². The van der Waals surface area contributed by atoms with Gasteiger partial charge in [0.25, 0.3) is 0 Å². The van der Waals surface area contributed by atoms with Gasteiger partial charge in [-0.05, 0) is 24.3 Å². The molecular formula is C13H13FO3S. The molecule has 0 spiro atoms. The molecule has 18 heavy (non-hydrogen) atoms. The Kier molecular flexibility index (Phi) is 4.04. The van der Waals surface area contributed by atoms with Gasteiger partial charge in [-0.2, -0.15) is 0 Å². The molecule has 0 bridgehead atoms. The van der Waals surface area contributed by atoms with Crippen LogP contribution in [0.15, 0.2) is 32.5 Å². The van der Waals surface area contributed by atoms with E-state index in [9.17, 15) is 9.18 Å². The number of rotatable bonds is 4. The van der Waals surface area contributed by atoms with Crippen LogP contribution in [-0.2, 0) is 6.42 Å². The third kappa shape index (κ3) is 2.57. The molecule has 0 aliphatic rings. The summed E-state index contributed by atoms with van der Waals surface area (Å²) in [4.78, 5) is 11.9. The average molecular weight is 268 g/mol. The first-order chi connectivity index (χ1) is 8.65. The molecule has 96 valence electrons. The van der Waals surface area contributed by atoms with Crippen molar-refractivity contribution in [3.05, 3.63) is 39.8 Å². The van der Waals surface area contributed by atoms with Gasteiger partial charge in [0, 0.05) is 18.2 Å². The number of thioether (sulfide) groups is 1. The van der Waals surface area contributed by atoms with Gasteiger partial charge in [0.05, 0.1) is 5.39 Å². The lowest BCUT2D eigenvalue weighted by Crippen LogP contribution is -2.04. The number of fused-ring (bicyclic) bond motifs is 1. The molecule has 1 aromatic heterocycles. The molecular weight excluding hydrogens is 255 g/mol. The van der Waals surface area contributed by atoms with E-state index in [4.69, 9.17) is 9.52 Å². The van der Waals surface area contributed by atoms with E-state index in [1.807, 2.05) is 6.92 Å². The van der Waals surface area contributed by atoms with Crippen LogP contribution < -0.4 is 5.43 Å². The molecule has 1 heterocycles. The molecule has 0 aliphatic carbocycles. The van der Waals surface area contributed by atoms with E-state index in [2.05, 4.69) is 0 Å². The molecule has 0 saturated carbocycles. The number of benzene rings is 1. The third-order valence-corrected chi connectivity index (χ3v) is 3.29. The van der Waals surface area contributed by atoms with Crippen molar-refractivity contribution in [2.75, 3.05) is 12.4 Å². The highest BCUT2D eigenvalue weighted by Gasteiger charge is 2.11. The van der Waals surface area contributed by atoms with Crippen molar-refractivity contribution in [1.29, 1.82) is 0 Å². The molecule has 3 nitrogen and oxygen atoms in total. The first-order valence-electron chi connectivity index (χ1n) is 5.65. The van der Waals surface area contributed by atoms with Crippen LogP contribution in [0.4, 0.5) is 4.39 Å². The second kappa shape index (κ2) is 5.54. The van der Waals surface area contributed by atoms with Crippen molar-refractivity contribution in [2.24, 2.45) is 0 Å². The van der Waals surface area contributed by atoms with E-state index in [1.54, 1.807) is 0 Å². The second-order valence-corrected chi connectivity index (χ2v) is 5.05. The molecule has 0 amide bonds. The molecule has 0 radical (unpaired) electrons. The Bertz CT molecular complexity index is 621. The van der Waals surface area contributed by atoms with Crippen LogP contribution in [0.5, 0.6) is 0 Å². The van der Waals surface area contributed by atoms with E-state index in [1.165, 1.54) is 30.0 Å². The first-order valence-corrected chi connectivity index (χ1v) is 6.64. The molecule has 0 fully saturated rings. The largest absolute Gasteiger partial charge is 0.449 e. The summed E-state index contributed by atoms with van der Waals surface area (Å²) in [6.07, 6.45) is 0.261. The number of hydrogen-bond donors (Lipinski definition) is 1. The Labute approximate surface area is 108 Å². The predicted molar refractivity (Wildman–Crippen MR) is 69.6 cm³/mol. The van der Waals surface area contributed by atoms with Gasteiger partial charge in [0.1, 0.15) is 11.4 Å². The summed E-state index contributed by atoms with van der Waals surface area (Å²) >= 11 is 1.41. The molecule has 1 aromatic carbocycles. The lowest BCUT2D eigenvalue weighted by atomic mass is 10.1. The maximum atomic E-state index is 13.4. The maximum absolute atomic E-state index is 13.4. The monoisotopic (exact) mass is 268 g/mol. The summed E-state index contributed by atoms with van der Waals surface area (Å²) in [5.41, 5.74) is 0.628. The second-order valence-electron chi connectivity index (χ2n) is 3.78. The standard InChI is InChI=1S/C13H13FO3S/c1-2-18-12-7-11(16)10-6-9(14)5-8(3-4-15)13(10)17-12/h5-7,15H,2-4H2,1H3. The summed E-state index contributed by atoms with van der Waals surface area (Å²) < 4.78 is 19.0. The van der Waals surface area contributed by atoms with Crippen molar-refractivity contribution in [3.8, 4) is 0 Å². The summed E-state index contributed by atoms with van der Waals surface area (Å²) in [6.45, 7) is 1.83. The van der Waals surface area contributed by atoms with Crippen LogP contribution >= 0.6 is 11.8 Å². The number of halogens is 1. The van der Waals surface area contributed by atoms with Gasteiger partial charge in [-0.1, -0.05) is 18.7 Å². The fraction of sp³-hybridized carbons (Fsp3) is 0.308. The summed E-state index contributed by atoms with van der Waals surface area (Å²) in [6, 6.07) is 3.84. The molecule has 2 rings (SSSR count). The van der Waals surface area contributed by atoms with Gasteiger partial charge >= 0.3 is 0 Å².